The molecule has 1 heterocycles. The molecule has 0 unspecified atom stereocenters. The molecule has 0 radical (unpaired) electrons. The topological polar surface area (TPSA) is 28.7 Å². The monoisotopic (exact) mass is 266 g/mol. The Kier molecular flexibility index (Phi) is 3.52. The van der Waals surface area contributed by atoms with Crippen molar-refractivity contribution in [2.75, 3.05) is 0 Å². The van der Waals surface area contributed by atoms with Crippen LogP contribution < -0.4 is 0 Å². The summed E-state index contributed by atoms with van der Waals surface area (Å²) in [5.41, 5.74) is 0.210. The van der Waals surface area contributed by atoms with Gasteiger partial charge in [-0.2, -0.15) is 0 Å². The van der Waals surface area contributed by atoms with Gasteiger partial charge < -0.3 is 4.98 Å². The van der Waals surface area contributed by atoms with Crippen molar-refractivity contribution in [2.45, 2.75) is 19.8 Å². The Hall–Kier alpha value is -1.62. The van der Waals surface area contributed by atoms with Crippen LogP contribution >= 0.6 is 12.2 Å². The molecular weight excluding hydrogens is 254 g/mol. The lowest BCUT2D eigenvalue weighted by atomic mass is 10.1. The number of H-pyrrole nitrogens is 1. The summed E-state index contributed by atoms with van der Waals surface area (Å²) >= 11 is 5.02. The van der Waals surface area contributed by atoms with Gasteiger partial charge in [0.15, 0.2) is 0 Å². The molecule has 0 aliphatic heterocycles. The van der Waals surface area contributed by atoms with Gasteiger partial charge in [-0.1, -0.05) is 32.1 Å². The van der Waals surface area contributed by atoms with E-state index in [9.17, 15) is 8.78 Å². The summed E-state index contributed by atoms with van der Waals surface area (Å²) in [6, 6.07) is 5.21. The maximum Gasteiger partial charge on any atom is 0.135 e. The van der Waals surface area contributed by atoms with Crippen molar-refractivity contribution in [3.8, 4) is 11.3 Å². The quantitative estimate of drug-likeness (QED) is 0.825. The molecule has 0 atom stereocenters. The summed E-state index contributed by atoms with van der Waals surface area (Å²) < 4.78 is 27.7. The SMILES string of the molecule is CC(C)c1nc(=S)cc(-c2c(F)cccc2F)[nH]1. The number of nitrogens with one attached hydrogen (secondary N) is 1. The molecule has 2 rings (SSSR count). The van der Waals surface area contributed by atoms with Gasteiger partial charge in [0.25, 0.3) is 0 Å². The van der Waals surface area contributed by atoms with Crippen molar-refractivity contribution in [3.05, 3.63) is 46.4 Å². The third-order valence-corrected chi connectivity index (χ3v) is 2.75. The number of aromatic nitrogens is 2. The first-order valence-electron chi connectivity index (χ1n) is 5.54. The number of aromatic amines is 1. The third-order valence-electron chi connectivity index (χ3n) is 2.54. The van der Waals surface area contributed by atoms with Gasteiger partial charge >= 0.3 is 0 Å². The van der Waals surface area contributed by atoms with Crippen LogP contribution in [0.3, 0.4) is 0 Å². The van der Waals surface area contributed by atoms with Crippen LogP contribution in [0.25, 0.3) is 11.3 Å². The molecule has 2 aromatic rings. The van der Waals surface area contributed by atoms with Crippen molar-refractivity contribution < 1.29 is 8.78 Å². The Morgan fingerprint density at radius 3 is 2.39 bits per heavy atom. The van der Waals surface area contributed by atoms with Crippen LogP contribution in [0.5, 0.6) is 0 Å². The van der Waals surface area contributed by atoms with Crippen LogP contribution in [0.15, 0.2) is 24.3 Å². The molecule has 0 fully saturated rings. The van der Waals surface area contributed by atoms with Gasteiger partial charge in [-0.3, -0.25) is 0 Å². The molecule has 1 aromatic heterocycles. The molecule has 2 nitrogen and oxygen atoms in total. The van der Waals surface area contributed by atoms with E-state index in [1.165, 1.54) is 24.3 Å². The molecule has 0 bridgehead atoms. The predicted octanol–water partition coefficient (Wildman–Crippen LogP) is 4.21. The lowest BCUT2D eigenvalue weighted by Crippen LogP contribution is -2.01. The van der Waals surface area contributed by atoms with E-state index in [0.29, 0.717) is 16.2 Å². The zero-order valence-electron chi connectivity index (χ0n) is 10.00. The van der Waals surface area contributed by atoms with Crippen LogP contribution in [0.1, 0.15) is 25.6 Å². The summed E-state index contributed by atoms with van der Waals surface area (Å²) in [6.07, 6.45) is 0. The summed E-state index contributed by atoms with van der Waals surface area (Å²) in [5.74, 6) is -0.537. The van der Waals surface area contributed by atoms with Gasteiger partial charge in [0.05, 0.1) is 11.3 Å². The van der Waals surface area contributed by atoms with Crippen molar-refractivity contribution in [2.24, 2.45) is 0 Å². The highest BCUT2D eigenvalue weighted by Crippen LogP contribution is 2.25. The van der Waals surface area contributed by atoms with E-state index in [1.807, 2.05) is 13.8 Å². The average molecular weight is 266 g/mol. The van der Waals surface area contributed by atoms with Gasteiger partial charge in [0, 0.05) is 5.92 Å². The second-order valence-corrected chi connectivity index (χ2v) is 4.69. The van der Waals surface area contributed by atoms with E-state index in [0.717, 1.165) is 0 Å². The average Bonchev–Trinajstić information content (AvgIpc) is 2.28. The molecule has 0 saturated heterocycles. The zero-order valence-corrected chi connectivity index (χ0v) is 10.8. The molecule has 94 valence electrons. The van der Waals surface area contributed by atoms with Gasteiger partial charge in [-0.15, -0.1) is 0 Å². The van der Waals surface area contributed by atoms with Crippen molar-refractivity contribution in [3.63, 3.8) is 0 Å². The van der Waals surface area contributed by atoms with E-state index < -0.39 is 11.6 Å². The number of hydrogen-bond acceptors (Lipinski definition) is 2. The molecule has 5 heteroatoms. The minimum Gasteiger partial charge on any atom is -0.343 e. The number of nitrogens with zero attached hydrogens (tertiary/aromatic N) is 1. The maximum atomic E-state index is 13.7. The molecule has 0 saturated carbocycles. The number of hydrogen-bond donors (Lipinski definition) is 1. The highest BCUT2D eigenvalue weighted by Gasteiger charge is 2.13. The lowest BCUT2D eigenvalue weighted by Gasteiger charge is -2.09. The fourth-order valence-electron chi connectivity index (χ4n) is 1.64. The molecule has 0 spiro atoms. The fraction of sp³-hybridized carbons (Fsp3) is 0.231. The minimum absolute atomic E-state index is 0.0986. The van der Waals surface area contributed by atoms with Crippen LogP contribution in [0, 0.1) is 16.3 Å². The second-order valence-electron chi connectivity index (χ2n) is 4.27. The number of rotatable bonds is 2. The first kappa shape index (κ1) is 12.8. The van der Waals surface area contributed by atoms with E-state index in [2.05, 4.69) is 9.97 Å². The van der Waals surface area contributed by atoms with Gasteiger partial charge in [0.1, 0.15) is 22.1 Å². The predicted molar refractivity (Wildman–Crippen MR) is 68.9 cm³/mol. The van der Waals surface area contributed by atoms with E-state index >= 15 is 0 Å². The van der Waals surface area contributed by atoms with E-state index in [4.69, 9.17) is 12.2 Å². The fourth-order valence-corrected chi connectivity index (χ4v) is 1.86. The molecule has 18 heavy (non-hydrogen) atoms. The van der Waals surface area contributed by atoms with Crippen molar-refractivity contribution in [1.29, 1.82) is 0 Å². The summed E-state index contributed by atoms with van der Waals surface area (Å²) in [7, 11) is 0. The normalized spacial score (nSPS) is 10.9. The highest BCUT2D eigenvalue weighted by atomic mass is 32.1. The Morgan fingerprint density at radius 1 is 1.22 bits per heavy atom. The third kappa shape index (κ3) is 2.46. The largest absolute Gasteiger partial charge is 0.343 e. The Morgan fingerprint density at radius 2 is 1.83 bits per heavy atom. The van der Waals surface area contributed by atoms with Gasteiger partial charge in [-0.25, -0.2) is 13.8 Å². The Balaban J connectivity index is 2.68. The molecule has 0 aliphatic carbocycles. The smallest absolute Gasteiger partial charge is 0.135 e. The summed E-state index contributed by atoms with van der Waals surface area (Å²) in [4.78, 5) is 7.06. The van der Waals surface area contributed by atoms with Gasteiger partial charge in [0.2, 0.25) is 0 Å². The summed E-state index contributed by atoms with van der Waals surface area (Å²) in [6.45, 7) is 3.85. The first-order chi connectivity index (χ1) is 8.49. The molecular formula is C13H12F2N2S. The zero-order chi connectivity index (χ0) is 13.3. The van der Waals surface area contributed by atoms with Crippen molar-refractivity contribution in [1.82, 2.24) is 9.97 Å². The minimum atomic E-state index is -0.624. The molecule has 0 aliphatic rings. The van der Waals surface area contributed by atoms with Gasteiger partial charge in [-0.05, 0) is 18.2 Å². The van der Waals surface area contributed by atoms with Crippen LogP contribution in [0.2, 0.25) is 0 Å². The van der Waals surface area contributed by atoms with Crippen LogP contribution in [-0.4, -0.2) is 9.97 Å². The number of benzene rings is 1. The standard InChI is InChI=1S/C13H12F2N2S/c1-7(2)13-16-10(6-11(18)17-13)12-8(14)4-3-5-9(12)15/h3-7H,1-2H3,(H,16,17,18). The van der Waals surface area contributed by atoms with Crippen LogP contribution in [0.4, 0.5) is 8.78 Å². The van der Waals surface area contributed by atoms with Crippen molar-refractivity contribution >= 4 is 12.2 Å². The highest BCUT2D eigenvalue weighted by molar-refractivity contribution is 7.71. The molecule has 1 aromatic carbocycles. The summed E-state index contributed by atoms with van der Waals surface area (Å²) in [5, 5.41) is 0. The molecule has 0 amide bonds. The second kappa shape index (κ2) is 4.94. The van der Waals surface area contributed by atoms with E-state index in [1.54, 1.807) is 0 Å². The van der Waals surface area contributed by atoms with E-state index in [-0.39, 0.29) is 11.5 Å². The number of halogens is 2. The molecule has 1 N–H and O–H groups in total. The maximum absolute atomic E-state index is 13.7. The Labute approximate surface area is 109 Å². The van der Waals surface area contributed by atoms with Crippen LogP contribution in [-0.2, 0) is 0 Å². The lowest BCUT2D eigenvalue weighted by molar-refractivity contribution is 0.588. The first-order valence-corrected chi connectivity index (χ1v) is 5.95. The Bertz CT molecular complexity index is 615.